The minimum atomic E-state index is -0.551. The lowest BCUT2D eigenvalue weighted by Gasteiger charge is -2.29. The number of benzene rings is 1. The Morgan fingerprint density at radius 1 is 1.26 bits per heavy atom. The van der Waals surface area contributed by atoms with Crippen molar-refractivity contribution in [3.63, 3.8) is 0 Å². The maximum atomic E-state index is 12.4. The SMILES string of the molecule is O=C1CC[C@H](N2Cc3cccc(Br)c3C2=O)C(=O)N1. The molecule has 98 valence electrons. The van der Waals surface area contributed by atoms with Crippen LogP contribution in [0, 0.1) is 0 Å². The summed E-state index contributed by atoms with van der Waals surface area (Å²) >= 11 is 3.36. The van der Waals surface area contributed by atoms with Gasteiger partial charge in [-0.3, -0.25) is 19.7 Å². The number of nitrogens with zero attached hydrogens (tertiary/aromatic N) is 1. The molecule has 1 aromatic rings. The summed E-state index contributed by atoms with van der Waals surface area (Å²) in [6.45, 7) is 0.417. The van der Waals surface area contributed by atoms with Crippen LogP contribution >= 0.6 is 15.9 Å². The van der Waals surface area contributed by atoms with E-state index in [-0.39, 0.29) is 24.1 Å². The van der Waals surface area contributed by atoms with E-state index in [4.69, 9.17) is 0 Å². The Hall–Kier alpha value is -1.69. The molecule has 0 bridgehead atoms. The molecule has 0 radical (unpaired) electrons. The molecular formula is C13H11BrN2O3. The summed E-state index contributed by atoms with van der Waals surface area (Å²) in [5.41, 5.74) is 1.52. The highest BCUT2D eigenvalue weighted by molar-refractivity contribution is 9.10. The smallest absolute Gasteiger partial charge is 0.256 e. The van der Waals surface area contributed by atoms with Crippen LogP contribution in [0.3, 0.4) is 0 Å². The quantitative estimate of drug-likeness (QED) is 0.790. The largest absolute Gasteiger partial charge is 0.322 e. The third-order valence-corrected chi connectivity index (χ3v) is 4.16. The first kappa shape index (κ1) is 12.3. The van der Waals surface area contributed by atoms with Crippen LogP contribution < -0.4 is 5.32 Å². The van der Waals surface area contributed by atoms with E-state index in [1.54, 1.807) is 0 Å². The van der Waals surface area contributed by atoms with Crippen molar-refractivity contribution in [2.24, 2.45) is 0 Å². The van der Waals surface area contributed by atoms with Gasteiger partial charge in [-0.25, -0.2) is 0 Å². The molecule has 3 amide bonds. The molecule has 1 saturated heterocycles. The molecule has 0 saturated carbocycles. The highest BCUT2D eigenvalue weighted by Crippen LogP contribution is 2.31. The van der Waals surface area contributed by atoms with Gasteiger partial charge in [0.05, 0.1) is 5.56 Å². The minimum absolute atomic E-state index is 0.156. The Morgan fingerprint density at radius 2 is 2.05 bits per heavy atom. The van der Waals surface area contributed by atoms with Gasteiger partial charge in [-0.15, -0.1) is 0 Å². The molecule has 1 fully saturated rings. The van der Waals surface area contributed by atoms with E-state index in [1.807, 2.05) is 18.2 Å². The minimum Gasteiger partial charge on any atom is -0.322 e. The molecular weight excluding hydrogens is 312 g/mol. The van der Waals surface area contributed by atoms with E-state index < -0.39 is 6.04 Å². The maximum Gasteiger partial charge on any atom is 0.256 e. The van der Waals surface area contributed by atoms with Crippen molar-refractivity contribution >= 4 is 33.7 Å². The van der Waals surface area contributed by atoms with E-state index >= 15 is 0 Å². The van der Waals surface area contributed by atoms with Gasteiger partial charge in [-0.1, -0.05) is 12.1 Å². The Balaban J connectivity index is 1.90. The van der Waals surface area contributed by atoms with Gasteiger partial charge in [0.2, 0.25) is 11.8 Å². The molecule has 1 aromatic carbocycles. The molecule has 3 rings (SSSR count). The van der Waals surface area contributed by atoms with E-state index in [1.165, 1.54) is 4.90 Å². The average Bonchev–Trinajstić information content (AvgIpc) is 2.68. The molecule has 0 unspecified atom stereocenters. The summed E-state index contributed by atoms with van der Waals surface area (Å²) in [5, 5.41) is 2.28. The van der Waals surface area contributed by atoms with E-state index in [9.17, 15) is 14.4 Å². The van der Waals surface area contributed by atoms with Gasteiger partial charge in [-0.05, 0) is 34.0 Å². The number of piperidine rings is 1. The van der Waals surface area contributed by atoms with Gasteiger partial charge in [0.25, 0.3) is 5.91 Å². The zero-order valence-electron chi connectivity index (χ0n) is 9.98. The molecule has 0 aromatic heterocycles. The molecule has 0 spiro atoms. The van der Waals surface area contributed by atoms with Crippen molar-refractivity contribution in [2.45, 2.75) is 25.4 Å². The van der Waals surface area contributed by atoms with E-state index in [0.29, 0.717) is 18.5 Å². The van der Waals surface area contributed by atoms with Gasteiger partial charge in [0.1, 0.15) is 6.04 Å². The van der Waals surface area contributed by atoms with Crippen molar-refractivity contribution in [1.29, 1.82) is 0 Å². The van der Waals surface area contributed by atoms with Gasteiger partial charge in [0, 0.05) is 17.4 Å². The summed E-state index contributed by atoms with van der Waals surface area (Å²) < 4.78 is 0.741. The summed E-state index contributed by atoms with van der Waals surface area (Å²) in [5.74, 6) is -0.808. The molecule has 2 heterocycles. The van der Waals surface area contributed by atoms with Gasteiger partial charge < -0.3 is 4.90 Å². The van der Waals surface area contributed by atoms with Crippen molar-refractivity contribution < 1.29 is 14.4 Å². The van der Waals surface area contributed by atoms with E-state index in [0.717, 1.165) is 10.0 Å². The molecule has 2 aliphatic heterocycles. The monoisotopic (exact) mass is 322 g/mol. The third-order valence-electron chi connectivity index (χ3n) is 3.50. The Kier molecular flexibility index (Phi) is 2.89. The number of halogens is 1. The second-order valence-corrected chi connectivity index (χ2v) is 5.53. The van der Waals surface area contributed by atoms with Crippen LogP contribution in [0.1, 0.15) is 28.8 Å². The molecule has 6 heteroatoms. The number of amides is 3. The van der Waals surface area contributed by atoms with Crippen LogP contribution in [-0.2, 0) is 16.1 Å². The molecule has 1 N–H and O–H groups in total. The highest BCUT2D eigenvalue weighted by Gasteiger charge is 2.39. The summed E-state index contributed by atoms with van der Waals surface area (Å²) in [6, 6.07) is 5.00. The normalized spacial score (nSPS) is 22.5. The standard InChI is InChI=1S/C13H11BrN2O3/c14-8-3-1-2-7-6-16(13(19)11(7)8)9-4-5-10(17)15-12(9)18/h1-3,9H,4-6H2,(H,15,17,18)/t9-/m0/s1. The fourth-order valence-corrected chi connectivity index (χ4v) is 3.15. The van der Waals surface area contributed by atoms with Gasteiger partial charge >= 0.3 is 0 Å². The zero-order valence-corrected chi connectivity index (χ0v) is 11.6. The molecule has 1 atom stereocenters. The summed E-state index contributed by atoms with van der Waals surface area (Å²) in [4.78, 5) is 36.9. The molecule has 19 heavy (non-hydrogen) atoms. The predicted molar refractivity (Wildman–Crippen MR) is 70.2 cm³/mol. The van der Waals surface area contributed by atoms with Crippen LogP contribution in [0.4, 0.5) is 0 Å². The van der Waals surface area contributed by atoms with Gasteiger partial charge in [-0.2, -0.15) is 0 Å². The molecule has 5 nitrogen and oxygen atoms in total. The van der Waals surface area contributed by atoms with Crippen molar-refractivity contribution in [3.05, 3.63) is 33.8 Å². The van der Waals surface area contributed by atoms with Gasteiger partial charge in [0.15, 0.2) is 0 Å². The van der Waals surface area contributed by atoms with Crippen molar-refractivity contribution in [3.8, 4) is 0 Å². The first-order valence-electron chi connectivity index (χ1n) is 6.00. The predicted octanol–water partition coefficient (Wildman–Crippen LogP) is 1.21. The van der Waals surface area contributed by atoms with Crippen LogP contribution in [-0.4, -0.2) is 28.7 Å². The van der Waals surface area contributed by atoms with Crippen molar-refractivity contribution in [1.82, 2.24) is 10.2 Å². The zero-order chi connectivity index (χ0) is 13.6. The Morgan fingerprint density at radius 3 is 2.74 bits per heavy atom. The number of imide groups is 1. The second kappa shape index (κ2) is 4.45. The number of carbonyl (C=O) groups excluding carboxylic acids is 3. The Labute approximate surface area is 118 Å². The second-order valence-electron chi connectivity index (χ2n) is 4.67. The lowest BCUT2D eigenvalue weighted by atomic mass is 10.0. The molecule has 2 aliphatic rings. The topological polar surface area (TPSA) is 66.5 Å². The first-order valence-corrected chi connectivity index (χ1v) is 6.79. The number of hydrogen-bond donors (Lipinski definition) is 1. The first-order chi connectivity index (χ1) is 9.08. The fraction of sp³-hybridized carbons (Fsp3) is 0.308. The summed E-state index contributed by atoms with van der Waals surface area (Å²) in [7, 11) is 0. The number of nitrogens with one attached hydrogen (secondary N) is 1. The average molecular weight is 323 g/mol. The van der Waals surface area contributed by atoms with E-state index in [2.05, 4.69) is 21.2 Å². The summed E-state index contributed by atoms with van der Waals surface area (Å²) in [6.07, 6.45) is 0.666. The van der Waals surface area contributed by atoms with Crippen LogP contribution in [0.5, 0.6) is 0 Å². The number of carbonyl (C=O) groups is 3. The Bertz CT molecular complexity index is 600. The van der Waals surface area contributed by atoms with Crippen molar-refractivity contribution in [2.75, 3.05) is 0 Å². The van der Waals surface area contributed by atoms with Crippen LogP contribution in [0.2, 0.25) is 0 Å². The highest BCUT2D eigenvalue weighted by atomic mass is 79.9. The maximum absolute atomic E-state index is 12.4. The number of fused-ring (bicyclic) bond motifs is 1. The third kappa shape index (κ3) is 1.96. The van der Waals surface area contributed by atoms with Crippen LogP contribution in [0.25, 0.3) is 0 Å². The lowest BCUT2D eigenvalue weighted by molar-refractivity contribution is -0.136. The lowest BCUT2D eigenvalue weighted by Crippen LogP contribution is -2.52. The van der Waals surface area contributed by atoms with Crippen LogP contribution in [0.15, 0.2) is 22.7 Å². The molecule has 0 aliphatic carbocycles. The fourth-order valence-electron chi connectivity index (χ4n) is 2.57. The number of hydrogen-bond acceptors (Lipinski definition) is 3. The number of rotatable bonds is 1.